The Balaban J connectivity index is 1.66. The van der Waals surface area contributed by atoms with Crippen LogP contribution in [0.4, 0.5) is 10.5 Å². The van der Waals surface area contributed by atoms with Gasteiger partial charge in [0.15, 0.2) is 0 Å². The summed E-state index contributed by atoms with van der Waals surface area (Å²) < 4.78 is 5.68. The van der Waals surface area contributed by atoms with Gasteiger partial charge in [0.25, 0.3) is 0 Å². The average Bonchev–Trinajstić information content (AvgIpc) is 3.21. The van der Waals surface area contributed by atoms with Crippen LogP contribution in [-0.4, -0.2) is 77.7 Å². The lowest BCUT2D eigenvalue weighted by atomic mass is 10.2. The molecule has 2 amide bonds. The molecule has 130 valence electrons. The van der Waals surface area contributed by atoms with Crippen LogP contribution in [0, 0.1) is 0 Å². The summed E-state index contributed by atoms with van der Waals surface area (Å²) in [4.78, 5) is 16.6. The molecule has 1 fully saturated rings. The highest BCUT2D eigenvalue weighted by Gasteiger charge is 2.22. The minimum absolute atomic E-state index is 0.116. The van der Waals surface area contributed by atoms with Crippen LogP contribution in [0.3, 0.4) is 0 Å². The molecule has 1 aromatic carbocycles. The maximum absolute atomic E-state index is 12.7. The Kier molecular flexibility index (Phi) is 5.27. The number of carbonyl (C=O) groups excluding carboxylic acids is 1. The van der Waals surface area contributed by atoms with E-state index in [0.717, 1.165) is 37.0 Å². The monoisotopic (exact) mass is 332 g/mol. The third-order valence-electron chi connectivity index (χ3n) is 4.12. The van der Waals surface area contributed by atoms with Crippen molar-refractivity contribution < 1.29 is 9.53 Å². The van der Waals surface area contributed by atoms with Crippen LogP contribution in [0.5, 0.6) is 0 Å². The van der Waals surface area contributed by atoms with Crippen LogP contribution in [0.2, 0.25) is 0 Å². The number of nitrogens with zero attached hydrogens (tertiary/aromatic N) is 4. The molecule has 1 saturated heterocycles. The fraction of sp³-hybridized carbons (Fsp3) is 0.562. The standard InChI is InChI=1S/C16H24N6O2/c1-21(2)7-8-22(11-13-4-3-9-24-13)16(23)17-12-5-6-14-15(10-12)19-20-18-14/h5-6,10,13H,3-4,7-9,11H2,1-2H3,(H,17,23)(H,18,19,20)/t13-/m0/s1. The molecule has 0 unspecified atom stereocenters. The van der Waals surface area contributed by atoms with E-state index in [9.17, 15) is 4.79 Å². The van der Waals surface area contributed by atoms with E-state index in [2.05, 4.69) is 25.6 Å². The number of hydrogen-bond acceptors (Lipinski definition) is 5. The molecule has 1 aliphatic heterocycles. The Morgan fingerprint density at radius 1 is 1.33 bits per heavy atom. The van der Waals surface area contributed by atoms with E-state index >= 15 is 0 Å². The van der Waals surface area contributed by atoms with Crippen LogP contribution < -0.4 is 5.32 Å². The molecule has 0 radical (unpaired) electrons. The highest BCUT2D eigenvalue weighted by molar-refractivity contribution is 5.91. The number of urea groups is 1. The van der Waals surface area contributed by atoms with Gasteiger partial charge >= 0.3 is 6.03 Å². The molecule has 0 spiro atoms. The summed E-state index contributed by atoms with van der Waals surface area (Å²) in [5.41, 5.74) is 2.21. The highest BCUT2D eigenvalue weighted by Crippen LogP contribution is 2.17. The van der Waals surface area contributed by atoms with Crippen LogP contribution in [0.1, 0.15) is 12.8 Å². The number of ether oxygens (including phenoxy) is 1. The number of rotatable bonds is 6. The van der Waals surface area contributed by atoms with Gasteiger partial charge in [0.2, 0.25) is 0 Å². The fourth-order valence-electron chi connectivity index (χ4n) is 2.75. The Morgan fingerprint density at radius 2 is 2.17 bits per heavy atom. The van der Waals surface area contributed by atoms with Crippen LogP contribution in [0.15, 0.2) is 18.2 Å². The Bertz CT molecular complexity index is 680. The molecule has 0 bridgehead atoms. The van der Waals surface area contributed by atoms with Gasteiger partial charge in [-0.3, -0.25) is 0 Å². The Labute approximate surface area is 141 Å². The van der Waals surface area contributed by atoms with Crippen molar-refractivity contribution in [3.63, 3.8) is 0 Å². The minimum Gasteiger partial charge on any atom is -0.376 e. The maximum atomic E-state index is 12.7. The molecule has 0 saturated carbocycles. The SMILES string of the molecule is CN(C)CCN(C[C@@H]1CCCO1)C(=O)Nc1ccc2n[nH]nc2c1. The Morgan fingerprint density at radius 3 is 2.92 bits per heavy atom. The van der Waals surface area contributed by atoms with Gasteiger partial charge in [-0.05, 0) is 45.1 Å². The first-order valence-electron chi connectivity index (χ1n) is 8.24. The van der Waals surface area contributed by atoms with E-state index in [1.165, 1.54) is 0 Å². The van der Waals surface area contributed by atoms with Crippen molar-refractivity contribution in [2.45, 2.75) is 18.9 Å². The van der Waals surface area contributed by atoms with Crippen molar-refractivity contribution in [2.75, 3.05) is 45.7 Å². The number of benzene rings is 1. The second kappa shape index (κ2) is 7.59. The zero-order valence-electron chi connectivity index (χ0n) is 14.2. The largest absolute Gasteiger partial charge is 0.376 e. The van der Waals surface area contributed by atoms with Gasteiger partial charge < -0.3 is 19.9 Å². The Hall–Kier alpha value is -2.19. The second-order valence-electron chi connectivity index (χ2n) is 6.34. The first-order valence-corrected chi connectivity index (χ1v) is 8.24. The number of nitrogens with one attached hydrogen (secondary N) is 2. The van der Waals surface area contributed by atoms with Crippen LogP contribution in [-0.2, 0) is 4.74 Å². The topological polar surface area (TPSA) is 86.4 Å². The molecular formula is C16H24N6O2. The fourth-order valence-corrected chi connectivity index (χ4v) is 2.75. The first kappa shape index (κ1) is 16.7. The maximum Gasteiger partial charge on any atom is 0.321 e. The zero-order chi connectivity index (χ0) is 16.9. The quantitative estimate of drug-likeness (QED) is 0.838. The number of likely N-dealkylation sites (N-methyl/N-ethyl adjacent to an activating group) is 1. The summed E-state index contributed by atoms with van der Waals surface area (Å²) >= 11 is 0. The third kappa shape index (κ3) is 4.21. The second-order valence-corrected chi connectivity index (χ2v) is 6.34. The molecule has 3 rings (SSSR count). The third-order valence-corrected chi connectivity index (χ3v) is 4.12. The van der Waals surface area contributed by atoms with E-state index in [1.807, 2.05) is 37.2 Å². The molecular weight excluding hydrogens is 308 g/mol. The number of anilines is 1. The highest BCUT2D eigenvalue weighted by atomic mass is 16.5. The van der Waals surface area contributed by atoms with Crippen LogP contribution >= 0.6 is 0 Å². The summed E-state index contributed by atoms with van der Waals surface area (Å²) in [7, 11) is 4.00. The predicted molar refractivity (Wildman–Crippen MR) is 92.0 cm³/mol. The number of H-pyrrole nitrogens is 1. The predicted octanol–water partition coefficient (Wildman–Crippen LogP) is 1.53. The average molecular weight is 332 g/mol. The molecule has 1 atom stereocenters. The minimum atomic E-state index is -0.116. The van der Waals surface area contributed by atoms with Gasteiger partial charge in [-0.1, -0.05) is 0 Å². The number of fused-ring (bicyclic) bond motifs is 1. The van der Waals surface area contributed by atoms with Crippen molar-refractivity contribution in [3.05, 3.63) is 18.2 Å². The summed E-state index contributed by atoms with van der Waals surface area (Å²) in [6.45, 7) is 2.87. The van der Waals surface area contributed by atoms with Gasteiger partial charge in [0.05, 0.1) is 6.10 Å². The summed E-state index contributed by atoms with van der Waals surface area (Å²) in [6, 6.07) is 5.36. The van der Waals surface area contributed by atoms with E-state index in [4.69, 9.17) is 4.74 Å². The molecule has 0 aliphatic carbocycles. The van der Waals surface area contributed by atoms with Crippen molar-refractivity contribution in [2.24, 2.45) is 0 Å². The van der Waals surface area contributed by atoms with Crippen molar-refractivity contribution >= 4 is 22.8 Å². The lowest BCUT2D eigenvalue weighted by Gasteiger charge is -2.27. The molecule has 2 N–H and O–H groups in total. The molecule has 8 heteroatoms. The van der Waals surface area contributed by atoms with E-state index < -0.39 is 0 Å². The summed E-state index contributed by atoms with van der Waals surface area (Å²) in [5.74, 6) is 0. The number of aromatic nitrogens is 3. The molecule has 2 aromatic rings. The summed E-state index contributed by atoms with van der Waals surface area (Å²) in [5, 5.41) is 13.6. The number of amides is 2. The lowest BCUT2D eigenvalue weighted by Crippen LogP contribution is -2.43. The van der Waals surface area contributed by atoms with E-state index in [-0.39, 0.29) is 12.1 Å². The lowest BCUT2D eigenvalue weighted by molar-refractivity contribution is 0.0820. The first-order chi connectivity index (χ1) is 11.6. The molecule has 1 aromatic heterocycles. The van der Waals surface area contributed by atoms with Crippen molar-refractivity contribution in [1.29, 1.82) is 0 Å². The van der Waals surface area contributed by atoms with Crippen LogP contribution in [0.25, 0.3) is 11.0 Å². The number of carbonyl (C=O) groups is 1. The number of aromatic amines is 1. The molecule has 1 aliphatic rings. The van der Waals surface area contributed by atoms with E-state index in [1.54, 1.807) is 0 Å². The number of hydrogen-bond donors (Lipinski definition) is 2. The van der Waals surface area contributed by atoms with Gasteiger partial charge in [-0.15, -0.1) is 0 Å². The van der Waals surface area contributed by atoms with Gasteiger partial charge in [-0.25, -0.2) is 4.79 Å². The smallest absolute Gasteiger partial charge is 0.321 e. The van der Waals surface area contributed by atoms with Crippen molar-refractivity contribution in [1.82, 2.24) is 25.2 Å². The van der Waals surface area contributed by atoms with E-state index in [0.29, 0.717) is 18.8 Å². The van der Waals surface area contributed by atoms with Crippen molar-refractivity contribution in [3.8, 4) is 0 Å². The van der Waals surface area contributed by atoms with Gasteiger partial charge in [-0.2, -0.15) is 15.4 Å². The molecule has 24 heavy (non-hydrogen) atoms. The zero-order valence-corrected chi connectivity index (χ0v) is 14.2. The molecule has 8 nitrogen and oxygen atoms in total. The normalized spacial score (nSPS) is 17.5. The van der Waals surface area contributed by atoms with Gasteiger partial charge in [0, 0.05) is 31.9 Å². The summed E-state index contributed by atoms with van der Waals surface area (Å²) in [6.07, 6.45) is 2.21. The van der Waals surface area contributed by atoms with Gasteiger partial charge in [0.1, 0.15) is 11.0 Å². The molecule has 2 heterocycles.